The van der Waals surface area contributed by atoms with Crippen LogP contribution in [-0.2, 0) is 20.7 Å². The van der Waals surface area contributed by atoms with Gasteiger partial charge >= 0.3 is 0 Å². The predicted molar refractivity (Wildman–Crippen MR) is 100 cm³/mol. The number of nitrogens with zero attached hydrogens (tertiary/aromatic N) is 2. The standard InChI is InChI=1S/C20H23N3O3/c1-4-17(13(2)3)26-16-11-23(12-16)19(25)8-5-14-9-15-6-7-18(24)22-20(15)21-10-14/h4-5,8-10,16H,2,6-7,11-12H2,1,3H3,(H,21,22,24). The molecule has 1 N–H and O–H groups in total. The first-order valence-corrected chi connectivity index (χ1v) is 8.71. The maximum atomic E-state index is 12.2. The van der Waals surface area contributed by atoms with Crippen LogP contribution in [0.25, 0.3) is 6.08 Å². The Bertz CT molecular complexity index is 805. The molecule has 2 aliphatic rings. The number of fused-ring (bicyclic) bond motifs is 1. The lowest BCUT2D eigenvalue weighted by molar-refractivity contribution is -0.136. The summed E-state index contributed by atoms with van der Waals surface area (Å²) >= 11 is 0. The Morgan fingerprint density at radius 1 is 1.42 bits per heavy atom. The minimum absolute atomic E-state index is 0.00857. The molecule has 0 unspecified atom stereocenters. The van der Waals surface area contributed by atoms with Crippen LogP contribution in [-0.4, -0.2) is 40.9 Å². The first kappa shape index (κ1) is 17.9. The smallest absolute Gasteiger partial charge is 0.246 e. The van der Waals surface area contributed by atoms with Crippen LogP contribution in [0.5, 0.6) is 0 Å². The fourth-order valence-electron chi connectivity index (χ4n) is 2.93. The van der Waals surface area contributed by atoms with Gasteiger partial charge in [0.05, 0.1) is 13.1 Å². The predicted octanol–water partition coefficient (Wildman–Crippen LogP) is 2.69. The Kier molecular flexibility index (Phi) is 5.21. The number of nitrogens with one attached hydrogen (secondary N) is 1. The van der Waals surface area contributed by atoms with E-state index in [-0.39, 0.29) is 17.9 Å². The maximum absolute atomic E-state index is 12.2. The normalized spacial score (nSPS) is 17.5. The summed E-state index contributed by atoms with van der Waals surface area (Å²) < 4.78 is 5.81. The molecule has 2 amide bonds. The molecule has 0 radical (unpaired) electrons. The molecule has 0 bridgehead atoms. The summed E-state index contributed by atoms with van der Waals surface area (Å²) in [4.78, 5) is 29.6. The molecule has 1 fully saturated rings. The van der Waals surface area contributed by atoms with E-state index < -0.39 is 0 Å². The Hall–Kier alpha value is -2.89. The van der Waals surface area contributed by atoms with Gasteiger partial charge in [-0.15, -0.1) is 0 Å². The second kappa shape index (κ2) is 7.56. The maximum Gasteiger partial charge on any atom is 0.246 e. The number of ether oxygens (including phenoxy) is 1. The van der Waals surface area contributed by atoms with Crippen LogP contribution in [0.2, 0.25) is 0 Å². The summed E-state index contributed by atoms with van der Waals surface area (Å²) in [5.74, 6) is 1.34. The highest BCUT2D eigenvalue weighted by atomic mass is 16.5. The molecule has 6 heteroatoms. The van der Waals surface area contributed by atoms with E-state index >= 15 is 0 Å². The number of allylic oxidation sites excluding steroid dienone is 2. The molecular formula is C20H23N3O3. The second-order valence-corrected chi connectivity index (χ2v) is 6.57. The van der Waals surface area contributed by atoms with Crippen molar-refractivity contribution in [2.24, 2.45) is 0 Å². The number of aryl methyl sites for hydroxylation is 1. The largest absolute Gasteiger partial charge is 0.487 e. The molecule has 0 spiro atoms. The minimum Gasteiger partial charge on any atom is -0.487 e. The van der Waals surface area contributed by atoms with Gasteiger partial charge in [-0.3, -0.25) is 9.59 Å². The van der Waals surface area contributed by atoms with Crippen molar-refractivity contribution in [2.45, 2.75) is 32.8 Å². The van der Waals surface area contributed by atoms with Gasteiger partial charge in [0, 0.05) is 18.7 Å². The number of hydrogen-bond donors (Lipinski definition) is 1. The highest BCUT2D eigenvalue weighted by molar-refractivity contribution is 5.94. The number of anilines is 1. The van der Waals surface area contributed by atoms with E-state index in [2.05, 4.69) is 16.9 Å². The topological polar surface area (TPSA) is 71.5 Å². The van der Waals surface area contributed by atoms with E-state index in [0.29, 0.717) is 31.7 Å². The number of hydrogen-bond acceptors (Lipinski definition) is 4. The quantitative estimate of drug-likeness (QED) is 0.502. The van der Waals surface area contributed by atoms with Gasteiger partial charge in [-0.2, -0.15) is 0 Å². The highest BCUT2D eigenvalue weighted by Crippen LogP contribution is 2.22. The highest BCUT2D eigenvalue weighted by Gasteiger charge is 2.31. The van der Waals surface area contributed by atoms with Crippen molar-refractivity contribution in [3.8, 4) is 0 Å². The summed E-state index contributed by atoms with van der Waals surface area (Å²) in [6.07, 6.45) is 8.00. The molecule has 26 heavy (non-hydrogen) atoms. The summed E-state index contributed by atoms with van der Waals surface area (Å²) in [7, 11) is 0. The Balaban J connectivity index is 1.53. The first-order valence-electron chi connectivity index (χ1n) is 8.71. The van der Waals surface area contributed by atoms with Crippen LogP contribution >= 0.6 is 0 Å². The van der Waals surface area contributed by atoms with E-state index in [1.165, 1.54) is 0 Å². The Morgan fingerprint density at radius 3 is 2.88 bits per heavy atom. The molecular weight excluding hydrogens is 330 g/mol. The van der Waals surface area contributed by atoms with Crippen molar-refractivity contribution in [3.63, 3.8) is 0 Å². The van der Waals surface area contributed by atoms with E-state index in [4.69, 9.17) is 4.74 Å². The second-order valence-electron chi connectivity index (χ2n) is 6.57. The molecule has 1 saturated heterocycles. The van der Waals surface area contributed by atoms with Crippen LogP contribution < -0.4 is 5.32 Å². The number of pyridine rings is 1. The zero-order valence-corrected chi connectivity index (χ0v) is 15.1. The molecule has 3 rings (SSSR count). The third kappa shape index (κ3) is 4.02. The van der Waals surface area contributed by atoms with Gasteiger partial charge in [0.25, 0.3) is 0 Å². The molecule has 0 saturated carbocycles. The number of likely N-dealkylation sites (tertiary alicyclic amines) is 1. The number of rotatable bonds is 5. The molecule has 2 aliphatic heterocycles. The molecule has 0 aliphatic carbocycles. The van der Waals surface area contributed by atoms with E-state index in [9.17, 15) is 9.59 Å². The lowest BCUT2D eigenvalue weighted by Gasteiger charge is -2.39. The zero-order chi connectivity index (χ0) is 18.7. The monoisotopic (exact) mass is 353 g/mol. The molecule has 1 aromatic rings. The average molecular weight is 353 g/mol. The first-order chi connectivity index (χ1) is 12.5. The fourth-order valence-corrected chi connectivity index (χ4v) is 2.93. The molecule has 6 nitrogen and oxygen atoms in total. The zero-order valence-electron chi connectivity index (χ0n) is 15.1. The molecule has 1 aromatic heterocycles. The Labute approximate surface area is 153 Å². The van der Waals surface area contributed by atoms with Crippen LogP contribution in [0.1, 0.15) is 31.4 Å². The van der Waals surface area contributed by atoms with Crippen LogP contribution in [0.15, 0.2) is 42.3 Å². The molecule has 0 atom stereocenters. The summed E-state index contributed by atoms with van der Waals surface area (Å²) in [5.41, 5.74) is 2.73. The van der Waals surface area contributed by atoms with Gasteiger partial charge in [-0.1, -0.05) is 6.58 Å². The number of carbonyl (C=O) groups excluding carboxylic acids is 2. The number of aromatic nitrogens is 1. The third-order valence-electron chi connectivity index (χ3n) is 4.42. The van der Waals surface area contributed by atoms with Crippen molar-refractivity contribution in [2.75, 3.05) is 18.4 Å². The van der Waals surface area contributed by atoms with Gasteiger partial charge in [-0.25, -0.2) is 4.98 Å². The van der Waals surface area contributed by atoms with Crippen LogP contribution in [0.4, 0.5) is 5.82 Å². The number of carbonyl (C=O) groups is 2. The van der Waals surface area contributed by atoms with Crippen LogP contribution in [0, 0.1) is 0 Å². The molecule has 3 heterocycles. The fraction of sp³-hybridized carbons (Fsp3) is 0.350. The van der Waals surface area contributed by atoms with Crippen molar-refractivity contribution in [1.29, 1.82) is 0 Å². The van der Waals surface area contributed by atoms with Gasteiger partial charge in [0.15, 0.2) is 0 Å². The van der Waals surface area contributed by atoms with Crippen molar-refractivity contribution in [3.05, 3.63) is 53.5 Å². The number of amides is 2. The Morgan fingerprint density at radius 2 is 2.19 bits per heavy atom. The van der Waals surface area contributed by atoms with E-state index in [1.807, 2.05) is 26.0 Å². The van der Waals surface area contributed by atoms with Crippen molar-refractivity contribution >= 4 is 23.7 Å². The SMILES string of the molecule is C=C(C)C(=CC)OC1CN(C(=O)C=Cc2cnc3c(c2)CCC(=O)N3)C1. The third-order valence-corrected chi connectivity index (χ3v) is 4.42. The summed E-state index contributed by atoms with van der Waals surface area (Å²) in [6.45, 7) is 8.83. The van der Waals surface area contributed by atoms with Gasteiger partial charge in [0.1, 0.15) is 17.7 Å². The molecule has 136 valence electrons. The molecule has 0 aromatic carbocycles. The van der Waals surface area contributed by atoms with Crippen molar-refractivity contribution < 1.29 is 14.3 Å². The van der Waals surface area contributed by atoms with Gasteiger partial charge < -0.3 is 15.0 Å². The van der Waals surface area contributed by atoms with Crippen molar-refractivity contribution in [1.82, 2.24) is 9.88 Å². The van der Waals surface area contributed by atoms with E-state index in [0.717, 1.165) is 22.5 Å². The van der Waals surface area contributed by atoms with Gasteiger partial charge in [-0.05, 0) is 55.2 Å². The minimum atomic E-state index is -0.0479. The van der Waals surface area contributed by atoms with Gasteiger partial charge in [0.2, 0.25) is 11.8 Å². The summed E-state index contributed by atoms with van der Waals surface area (Å²) in [5, 5.41) is 2.75. The lowest BCUT2D eigenvalue weighted by Crippen LogP contribution is -2.54. The summed E-state index contributed by atoms with van der Waals surface area (Å²) in [6, 6.07) is 1.96. The lowest BCUT2D eigenvalue weighted by atomic mass is 10.0. The average Bonchev–Trinajstić information content (AvgIpc) is 2.58. The van der Waals surface area contributed by atoms with E-state index in [1.54, 1.807) is 23.2 Å². The van der Waals surface area contributed by atoms with Crippen LogP contribution in [0.3, 0.4) is 0 Å².